The van der Waals surface area contributed by atoms with Gasteiger partial charge in [-0.2, -0.15) is 0 Å². The van der Waals surface area contributed by atoms with Gasteiger partial charge in [-0.05, 0) is 41.5 Å². The molecule has 5 heteroatoms. The highest BCUT2D eigenvalue weighted by Gasteiger charge is 2.23. The van der Waals surface area contributed by atoms with Gasteiger partial charge in [0.2, 0.25) is 5.91 Å². The normalized spacial score (nSPS) is 10.6. The van der Waals surface area contributed by atoms with Gasteiger partial charge in [-0.25, -0.2) is 0 Å². The Morgan fingerprint density at radius 1 is 0.656 bits per heavy atom. The van der Waals surface area contributed by atoms with Crippen LogP contribution in [0.3, 0.4) is 0 Å². The molecule has 0 aliphatic rings. The van der Waals surface area contributed by atoms with Crippen molar-refractivity contribution in [3.05, 3.63) is 131 Å². The molecule has 0 bridgehead atoms. The molecule has 0 fully saturated rings. The number of amides is 2. The molecular formula is C27H21ClN2O2. The SMILES string of the molecule is O=C(Nc1ccc(NC(=O)C(c2ccccc2)c2ccccc2)cc1Cl)c1ccccc1. The van der Waals surface area contributed by atoms with E-state index in [9.17, 15) is 9.59 Å². The molecule has 4 aromatic carbocycles. The minimum absolute atomic E-state index is 0.167. The van der Waals surface area contributed by atoms with E-state index < -0.39 is 5.92 Å². The van der Waals surface area contributed by atoms with E-state index in [1.54, 1.807) is 42.5 Å². The Hall–Kier alpha value is -3.89. The van der Waals surface area contributed by atoms with E-state index in [2.05, 4.69) is 10.6 Å². The molecule has 0 heterocycles. The van der Waals surface area contributed by atoms with Crippen LogP contribution >= 0.6 is 11.6 Å². The highest BCUT2D eigenvalue weighted by atomic mass is 35.5. The van der Waals surface area contributed by atoms with Crippen LogP contribution in [0, 0.1) is 0 Å². The van der Waals surface area contributed by atoms with Crippen molar-refractivity contribution >= 4 is 34.8 Å². The Balaban J connectivity index is 1.53. The summed E-state index contributed by atoms with van der Waals surface area (Å²) in [4.78, 5) is 25.6. The number of hydrogen-bond acceptors (Lipinski definition) is 2. The fourth-order valence-corrected chi connectivity index (χ4v) is 3.71. The van der Waals surface area contributed by atoms with Gasteiger partial charge in [0.15, 0.2) is 0 Å². The van der Waals surface area contributed by atoms with Crippen LogP contribution in [0.15, 0.2) is 109 Å². The molecule has 4 aromatic rings. The maximum Gasteiger partial charge on any atom is 0.255 e. The molecule has 0 aromatic heterocycles. The second kappa shape index (κ2) is 9.94. The summed E-state index contributed by atoms with van der Waals surface area (Å²) in [5.74, 6) is -0.884. The number of rotatable bonds is 6. The topological polar surface area (TPSA) is 58.2 Å². The molecule has 4 nitrogen and oxygen atoms in total. The van der Waals surface area contributed by atoms with Crippen LogP contribution in [0.1, 0.15) is 27.4 Å². The van der Waals surface area contributed by atoms with Crippen LogP contribution in [0.2, 0.25) is 5.02 Å². The first kappa shape index (κ1) is 21.3. The molecule has 2 N–H and O–H groups in total. The van der Waals surface area contributed by atoms with E-state index in [-0.39, 0.29) is 11.8 Å². The summed E-state index contributed by atoms with van der Waals surface area (Å²) in [6, 6.07) is 33.2. The predicted octanol–water partition coefficient (Wildman–Crippen LogP) is 6.36. The lowest BCUT2D eigenvalue weighted by Crippen LogP contribution is -2.22. The minimum atomic E-state index is -0.464. The maximum absolute atomic E-state index is 13.2. The Bertz CT molecular complexity index is 1170. The van der Waals surface area contributed by atoms with E-state index >= 15 is 0 Å². The van der Waals surface area contributed by atoms with E-state index in [1.165, 1.54) is 0 Å². The molecule has 158 valence electrons. The molecule has 4 rings (SSSR count). The van der Waals surface area contributed by atoms with Crippen molar-refractivity contribution in [1.82, 2.24) is 0 Å². The van der Waals surface area contributed by atoms with E-state index in [0.29, 0.717) is 22.0 Å². The molecule has 0 radical (unpaired) electrons. The molecule has 0 spiro atoms. The Labute approximate surface area is 191 Å². The molecule has 0 unspecified atom stereocenters. The van der Waals surface area contributed by atoms with Gasteiger partial charge in [0, 0.05) is 11.3 Å². The molecule has 0 saturated carbocycles. The first-order valence-corrected chi connectivity index (χ1v) is 10.6. The zero-order valence-corrected chi connectivity index (χ0v) is 17.9. The van der Waals surface area contributed by atoms with Crippen LogP contribution in [0.4, 0.5) is 11.4 Å². The number of anilines is 2. The molecule has 32 heavy (non-hydrogen) atoms. The third kappa shape index (κ3) is 5.05. The predicted molar refractivity (Wildman–Crippen MR) is 129 cm³/mol. The van der Waals surface area contributed by atoms with Crippen molar-refractivity contribution in [1.29, 1.82) is 0 Å². The summed E-state index contributed by atoms with van der Waals surface area (Å²) in [6.45, 7) is 0. The summed E-state index contributed by atoms with van der Waals surface area (Å²) in [5.41, 5.74) is 3.35. The van der Waals surface area contributed by atoms with Gasteiger partial charge in [0.05, 0.1) is 16.6 Å². The van der Waals surface area contributed by atoms with Crippen molar-refractivity contribution < 1.29 is 9.59 Å². The quantitative estimate of drug-likeness (QED) is 0.366. The van der Waals surface area contributed by atoms with E-state index in [0.717, 1.165) is 11.1 Å². The Morgan fingerprint density at radius 2 is 1.19 bits per heavy atom. The number of hydrogen-bond donors (Lipinski definition) is 2. The second-order valence-electron chi connectivity index (χ2n) is 7.26. The largest absolute Gasteiger partial charge is 0.325 e. The van der Waals surface area contributed by atoms with Gasteiger partial charge in [-0.15, -0.1) is 0 Å². The van der Waals surface area contributed by atoms with Crippen molar-refractivity contribution in [3.63, 3.8) is 0 Å². The van der Waals surface area contributed by atoms with Crippen LogP contribution in [0.25, 0.3) is 0 Å². The summed E-state index contributed by atoms with van der Waals surface area (Å²) in [6.07, 6.45) is 0. The lowest BCUT2D eigenvalue weighted by molar-refractivity contribution is -0.116. The van der Waals surface area contributed by atoms with Crippen LogP contribution in [-0.2, 0) is 4.79 Å². The third-order valence-corrected chi connectivity index (χ3v) is 5.36. The van der Waals surface area contributed by atoms with Gasteiger partial charge < -0.3 is 10.6 Å². The first-order chi connectivity index (χ1) is 15.6. The Morgan fingerprint density at radius 3 is 1.72 bits per heavy atom. The average molecular weight is 441 g/mol. The maximum atomic E-state index is 13.2. The van der Waals surface area contributed by atoms with Gasteiger partial charge in [0.1, 0.15) is 0 Å². The molecule has 0 aliphatic carbocycles. The number of carbonyl (C=O) groups excluding carboxylic acids is 2. The molecule has 0 aliphatic heterocycles. The first-order valence-electron chi connectivity index (χ1n) is 10.2. The van der Waals surface area contributed by atoms with Gasteiger partial charge in [0.25, 0.3) is 5.91 Å². The Kier molecular flexibility index (Phi) is 6.63. The number of nitrogens with one attached hydrogen (secondary N) is 2. The average Bonchev–Trinajstić information content (AvgIpc) is 2.83. The lowest BCUT2D eigenvalue weighted by Gasteiger charge is -2.18. The van der Waals surface area contributed by atoms with Crippen LogP contribution in [0.5, 0.6) is 0 Å². The second-order valence-corrected chi connectivity index (χ2v) is 7.67. The number of benzene rings is 4. The molecule has 2 amide bonds. The van der Waals surface area contributed by atoms with E-state index in [4.69, 9.17) is 11.6 Å². The fourth-order valence-electron chi connectivity index (χ4n) is 3.48. The smallest absolute Gasteiger partial charge is 0.255 e. The summed E-state index contributed by atoms with van der Waals surface area (Å²) < 4.78 is 0. The van der Waals surface area contributed by atoms with E-state index in [1.807, 2.05) is 66.7 Å². The number of carbonyl (C=O) groups is 2. The van der Waals surface area contributed by atoms with Crippen molar-refractivity contribution in [2.75, 3.05) is 10.6 Å². The minimum Gasteiger partial charge on any atom is -0.325 e. The summed E-state index contributed by atoms with van der Waals surface area (Å²) in [5, 5.41) is 6.09. The van der Waals surface area contributed by atoms with Gasteiger partial charge in [-0.3, -0.25) is 9.59 Å². The lowest BCUT2D eigenvalue weighted by atomic mass is 9.90. The van der Waals surface area contributed by atoms with Crippen LogP contribution < -0.4 is 10.6 Å². The van der Waals surface area contributed by atoms with Gasteiger partial charge in [-0.1, -0.05) is 90.5 Å². The zero-order chi connectivity index (χ0) is 22.3. The molecule has 0 saturated heterocycles. The van der Waals surface area contributed by atoms with Crippen molar-refractivity contribution in [2.24, 2.45) is 0 Å². The zero-order valence-electron chi connectivity index (χ0n) is 17.2. The summed E-state index contributed by atoms with van der Waals surface area (Å²) in [7, 11) is 0. The molecule has 0 atom stereocenters. The van der Waals surface area contributed by atoms with Crippen molar-refractivity contribution in [2.45, 2.75) is 5.92 Å². The van der Waals surface area contributed by atoms with Crippen LogP contribution in [-0.4, -0.2) is 11.8 Å². The third-order valence-electron chi connectivity index (χ3n) is 5.05. The molecular weight excluding hydrogens is 420 g/mol. The highest BCUT2D eigenvalue weighted by molar-refractivity contribution is 6.34. The highest BCUT2D eigenvalue weighted by Crippen LogP contribution is 2.29. The fraction of sp³-hybridized carbons (Fsp3) is 0.0370. The number of halogens is 1. The summed E-state index contributed by atoms with van der Waals surface area (Å²) >= 11 is 6.39. The monoisotopic (exact) mass is 440 g/mol. The standard InChI is InChI=1S/C27H21ClN2O2/c28-23-18-22(16-17-24(23)30-26(31)21-14-8-3-9-15-21)29-27(32)25(19-10-4-1-5-11-19)20-12-6-2-7-13-20/h1-18,25H,(H,29,32)(H,30,31). The van der Waals surface area contributed by atoms with Crippen molar-refractivity contribution in [3.8, 4) is 0 Å². The van der Waals surface area contributed by atoms with Gasteiger partial charge >= 0.3 is 0 Å².